The molecule has 0 atom stereocenters. The molecule has 0 bridgehead atoms. The Hall–Kier alpha value is -3.39. The largest absolute Gasteiger partial charge is 0.497 e. The maximum Gasteiger partial charge on any atom is 0.275 e. The van der Waals surface area contributed by atoms with Crippen LogP contribution in [0.25, 0.3) is 15.5 Å². The zero-order chi connectivity index (χ0) is 26.2. The van der Waals surface area contributed by atoms with Gasteiger partial charge in [-0.2, -0.15) is 13.9 Å². The maximum absolute atomic E-state index is 13.6. The third-order valence-electron chi connectivity index (χ3n) is 6.08. The molecule has 4 aromatic rings. The molecule has 1 aliphatic heterocycles. The van der Waals surface area contributed by atoms with Crippen LogP contribution in [0.4, 0.5) is 4.39 Å². The molecule has 0 N–H and O–H groups in total. The SMILES string of the molecule is COc1ccc(OC)c(S(=O)(=O)N2CCN(Cc3cc(=O)n4nc(-c5cccc(F)c5)sc4n3)CC2)c1. The minimum absolute atomic E-state index is 0.0576. The number of aromatic nitrogens is 3. The average Bonchev–Trinajstić information content (AvgIpc) is 3.33. The lowest BCUT2D eigenvalue weighted by molar-refractivity contribution is 0.179. The van der Waals surface area contributed by atoms with E-state index in [1.165, 1.54) is 58.6 Å². The molecule has 37 heavy (non-hydrogen) atoms. The lowest BCUT2D eigenvalue weighted by Crippen LogP contribution is -2.48. The minimum Gasteiger partial charge on any atom is -0.497 e. The number of sulfonamides is 1. The molecule has 10 nitrogen and oxygen atoms in total. The Morgan fingerprint density at radius 2 is 1.81 bits per heavy atom. The third kappa shape index (κ3) is 5.07. The van der Waals surface area contributed by atoms with Crippen molar-refractivity contribution in [1.29, 1.82) is 0 Å². The molecule has 2 aromatic heterocycles. The molecule has 0 radical (unpaired) electrons. The summed E-state index contributed by atoms with van der Waals surface area (Å²) in [6, 6.07) is 12.1. The Bertz CT molecular complexity index is 1610. The van der Waals surface area contributed by atoms with Crippen molar-refractivity contribution in [1.82, 2.24) is 23.8 Å². The minimum atomic E-state index is -3.80. The van der Waals surface area contributed by atoms with Gasteiger partial charge in [-0.1, -0.05) is 23.5 Å². The Morgan fingerprint density at radius 3 is 2.51 bits per heavy atom. The van der Waals surface area contributed by atoms with Gasteiger partial charge in [-0.3, -0.25) is 9.69 Å². The molecule has 0 unspecified atom stereocenters. The van der Waals surface area contributed by atoms with Crippen molar-refractivity contribution in [2.24, 2.45) is 0 Å². The molecule has 1 saturated heterocycles. The van der Waals surface area contributed by atoms with Gasteiger partial charge in [0, 0.05) is 50.4 Å². The van der Waals surface area contributed by atoms with Crippen LogP contribution in [0.15, 0.2) is 58.2 Å². The fourth-order valence-electron chi connectivity index (χ4n) is 4.16. The normalized spacial score (nSPS) is 15.2. The van der Waals surface area contributed by atoms with Crippen LogP contribution in [0.3, 0.4) is 0 Å². The summed E-state index contributed by atoms with van der Waals surface area (Å²) in [6.45, 7) is 1.85. The molecule has 13 heteroatoms. The summed E-state index contributed by atoms with van der Waals surface area (Å²) in [5, 5.41) is 4.78. The zero-order valence-corrected chi connectivity index (χ0v) is 21.8. The van der Waals surface area contributed by atoms with Crippen LogP contribution in [0.5, 0.6) is 11.5 Å². The number of methoxy groups -OCH3 is 2. The van der Waals surface area contributed by atoms with Crippen molar-refractivity contribution in [3.8, 4) is 22.1 Å². The fourth-order valence-corrected chi connectivity index (χ4v) is 6.67. The van der Waals surface area contributed by atoms with Crippen LogP contribution in [-0.2, 0) is 16.6 Å². The van der Waals surface area contributed by atoms with Crippen molar-refractivity contribution in [3.05, 3.63) is 70.4 Å². The second-order valence-electron chi connectivity index (χ2n) is 8.39. The summed E-state index contributed by atoms with van der Waals surface area (Å²) < 4.78 is 53.3. The van der Waals surface area contributed by atoms with Gasteiger partial charge in [-0.15, -0.1) is 0 Å². The molecule has 0 saturated carbocycles. The predicted octanol–water partition coefficient (Wildman–Crippen LogP) is 2.48. The molecule has 0 amide bonds. The van der Waals surface area contributed by atoms with Crippen LogP contribution in [0, 0.1) is 5.82 Å². The first kappa shape index (κ1) is 25.3. The topological polar surface area (TPSA) is 106 Å². The molecule has 5 rings (SSSR count). The molecule has 1 aliphatic rings. The van der Waals surface area contributed by atoms with Crippen LogP contribution in [0.2, 0.25) is 0 Å². The molecule has 3 heterocycles. The van der Waals surface area contributed by atoms with Gasteiger partial charge in [0.15, 0.2) is 0 Å². The van der Waals surface area contributed by atoms with E-state index in [0.717, 1.165) is 0 Å². The first-order chi connectivity index (χ1) is 17.8. The molecule has 2 aromatic carbocycles. The van der Waals surface area contributed by atoms with Gasteiger partial charge in [0.25, 0.3) is 5.56 Å². The van der Waals surface area contributed by atoms with Crippen LogP contribution >= 0.6 is 11.3 Å². The number of nitrogens with zero attached hydrogens (tertiary/aromatic N) is 5. The number of fused-ring (bicyclic) bond motifs is 1. The second kappa shape index (κ2) is 10.2. The van der Waals surface area contributed by atoms with Crippen molar-refractivity contribution in [3.63, 3.8) is 0 Å². The van der Waals surface area contributed by atoms with E-state index in [9.17, 15) is 17.6 Å². The number of piperazine rings is 1. The highest BCUT2D eigenvalue weighted by atomic mass is 32.2. The first-order valence-electron chi connectivity index (χ1n) is 11.4. The van der Waals surface area contributed by atoms with Gasteiger partial charge in [0.05, 0.1) is 19.9 Å². The molecule has 0 aliphatic carbocycles. The number of hydrogen-bond acceptors (Lipinski definition) is 9. The van der Waals surface area contributed by atoms with E-state index >= 15 is 0 Å². The Balaban J connectivity index is 1.31. The highest BCUT2D eigenvalue weighted by Crippen LogP contribution is 2.31. The number of benzene rings is 2. The highest BCUT2D eigenvalue weighted by Gasteiger charge is 2.31. The van der Waals surface area contributed by atoms with Crippen molar-refractivity contribution in [2.75, 3.05) is 40.4 Å². The van der Waals surface area contributed by atoms with Gasteiger partial charge in [0.2, 0.25) is 15.0 Å². The van der Waals surface area contributed by atoms with E-state index in [0.29, 0.717) is 46.6 Å². The monoisotopic (exact) mass is 545 g/mol. The van der Waals surface area contributed by atoms with Crippen molar-refractivity contribution < 1.29 is 22.3 Å². The number of rotatable bonds is 7. The lowest BCUT2D eigenvalue weighted by Gasteiger charge is -2.34. The molecule has 0 spiro atoms. The van der Waals surface area contributed by atoms with E-state index < -0.39 is 10.0 Å². The quantitative estimate of drug-likeness (QED) is 0.349. The highest BCUT2D eigenvalue weighted by molar-refractivity contribution is 7.89. The van der Waals surface area contributed by atoms with E-state index in [1.54, 1.807) is 24.3 Å². The Morgan fingerprint density at radius 1 is 1.03 bits per heavy atom. The summed E-state index contributed by atoms with van der Waals surface area (Å²) in [5.74, 6) is 0.293. The lowest BCUT2D eigenvalue weighted by atomic mass is 10.2. The summed E-state index contributed by atoms with van der Waals surface area (Å²) >= 11 is 1.20. The standard InChI is InChI=1S/C24H24FN5O5S2/c1-34-19-6-7-20(35-2)21(14-19)37(32,33)29-10-8-28(9-11-29)15-18-13-22(31)30-24(26-18)36-23(27-30)16-4-3-5-17(25)12-16/h3-7,12-14H,8-11,15H2,1-2H3. The predicted molar refractivity (Wildman–Crippen MR) is 136 cm³/mol. The average molecular weight is 546 g/mol. The molecule has 1 fully saturated rings. The Kier molecular flexibility index (Phi) is 6.94. The molecule has 194 valence electrons. The smallest absolute Gasteiger partial charge is 0.275 e. The fraction of sp³-hybridized carbons (Fsp3) is 0.292. The van der Waals surface area contributed by atoms with Gasteiger partial charge < -0.3 is 9.47 Å². The summed E-state index contributed by atoms with van der Waals surface area (Å²) in [4.78, 5) is 19.8. The van der Waals surface area contributed by atoms with Crippen molar-refractivity contribution in [2.45, 2.75) is 11.4 Å². The second-order valence-corrected chi connectivity index (χ2v) is 11.3. The third-order valence-corrected chi connectivity index (χ3v) is 8.95. The number of hydrogen-bond donors (Lipinski definition) is 0. The van der Waals surface area contributed by atoms with Gasteiger partial charge in [-0.25, -0.2) is 17.8 Å². The van der Waals surface area contributed by atoms with Crippen molar-refractivity contribution >= 4 is 26.3 Å². The molecular weight excluding hydrogens is 521 g/mol. The Labute approximate surface area is 216 Å². The van der Waals surface area contributed by atoms with E-state index in [4.69, 9.17) is 9.47 Å². The summed E-state index contributed by atoms with van der Waals surface area (Å²) in [6.07, 6.45) is 0. The number of ether oxygens (including phenoxy) is 2. The summed E-state index contributed by atoms with van der Waals surface area (Å²) in [7, 11) is -0.896. The van der Waals surface area contributed by atoms with Crippen LogP contribution < -0.4 is 15.0 Å². The van der Waals surface area contributed by atoms with Gasteiger partial charge >= 0.3 is 0 Å². The number of halogens is 1. The maximum atomic E-state index is 13.6. The van der Waals surface area contributed by atoms with Crippen LogP contribution in [0.1, 0.15) is 5.69 Å². The van der Waals surface area contributed by atoms with Crippen LogP contribution in [-0.4, -0.2) is 72.6 Å². The van der Waals surface area contributed by atoms with Gasteiger partial charge in [0.1, 0.15) is 27.2 Å². The van der Waals surface area contributed by atoms with Gasteiger partial charge in [-0.05, 0) is 24.3 Å². The molecular formula is C24H24FN5O5S2. The van der Waals surface area contributed by atoms with E-state index in [-0.39, 0.29) is 35.1 Å². The first-order valence-corrected chi connectivity index (χ1v) is 13.6. The summed E-state index contributed by atoms with van der Waals surface area (Å²) in [5.41, 5.74) is 0.803. The zero-order valence-electron chi connectivity index (χ0n) is 20.1. The van der Waals surface area contributed by atoms with E-state index in [1.807, 2.05) is 4.90 Å². The van der Waals surface area contributed by atoms with E-state index in [2.05, 4.69) is 10.1 Å².